The molecule has 1 aromatic rings. The van der Waals surface area contributed by atoms with Crippen molar-refractivity contribution in [1.82, 2.24) is 5.32 Å². The molecule has 22 heavy (non-hydrogen) atoms. The molecule has 0 spiro atoms. The van der Waals surface area contributed by atoms with Crippen LogP contribution in [0.3, 0.4) is 0 Å². The zero-order valence-corrected chi connectivity index (χ0v) is 13.3. The number of nitrogens with one attached hydrogen (secondary N) is 1. The van der Waals surface area contributed by atoms with Gasteiger partial charge >= 0.3 is 0 Å². The topological polar surface area (TPSA) is 47.6 Å². The second-order valence-electron chi connectivity index (χ2n) is 6.90. The molecule has 0 radical (unpaired) electrons. The Morgan fingerprint density at radius 1 is 1.23 bits per heavy atom. The SMILES string of the molecule is COc1cc2c(cc1OC)[C@]13CCN[C@@H](C2)[C@@H]1CCC(=O)C3. The first kappa shape index (κ1) is 14.1. The van der Waals surface area contributed by atoms with Crippen LogP contribution in [0, 0.1) is 5.92 Å². The molecule has 1 N–H and O–H groups in total. The highest BCUT2D eigenvalue weighted by Crippen LogP contribution is 2.54. The Morgan fingerprint density at radius 2 is 2.00 bits per heavy atom. The number of fused-ring (bicyclic) bond motifs is 1. The lowest BCUT2D eigenvalue weighted by Crippen LogP contribution is -2.60. The van der Waals surface area contributed by atoms with Gasteiger partial charge in [-0.25, -0.2) is 0 Å². The van der Waals surface area contributed by atoms with Gasteiger partial charge in [-0.1, -0.05) is 0 Å². The molecule has 2 bridgehead atoms. The van der Waals surface area contributed by atoms with Crippen LogP contribution in [0.4, 0.5) is 0 Å². The maximum atomic E-state index is 12.2. The molecule has 2 fully saturated rings. The molecule has 3 atom stereocenters. The summed E-state index contributed by atoms with van der Waals surface area (Å²) in [7, 11) is 3.36. The minimum absolute atomic E-state index is 0.0123. The van der Waals surface area contributed by atoms with Crippen LogP contribution < -0.4 is 14.8 Å². The van der Waals surface area contributed by atoms with Crippen LogP contribution in [-0.2, 0) is 16.6 Å². The van der Waals surface area contributed by atoms with Gasteiger partial charge in [0.15, 0.2) is 11.5 Å². The van der Waals surface area contributed by atoms with E-state index in [0.717, 1.165) is 43.7 Å². The highest BCUT2D eigenvalue weighted by atomic mass is 16.5. The first-order chi connectivity index (χ1) is 10.7. The maximum Gasteiger partial charge on any atom is 0.161 e. The van der Waals surface area contributed by atoms with Gasteiger partial charge in [-0.15, -0.1) is 0 Å². The number of rotatable bonds is 2. The maximum absolute atomic E-state index is 12.2. The fraction of sp³-hybridized carbons (Fsp3) is 0.611. The van der Waals surface area contributed by atoms with Gasteiger partial charge in [-0.3, -0.25) is 4.79 Å². The molecule has 4 rings (SSSR count). The predicted molar refractivity (Wildman–Crippen MR) is 83.7 cm³/mol. The first-order valence-electron chi connectivity index (χ1n) is 8.18. The molecule has 1 aliphatic heterocycles. The van der Waals surface area contributed by atoms with Crippen LogP contribution in [0.25, 0.3) is 0 Å². The predicted octanol–water partition coefficient (Wildman–Crippen LogP) is 2.23. The van der Waals surface area contributed by atoms with Crippen molar-refractivity contribution >= 4 is 5.78 Å². The Morgan fingerprint density at radius 3 is 2.77 bits per heavy atom. The van der Waals surface area contributed by atoms with Gasteiger partial charge < -0.3 is 14.8 Å². The molecule has 1 saturated heterocycles. The summed E-state index contributed by atoms with van der Waals surface area (Å²) in [6.45, 7) is 1.00. The summed E-state index contributed by atoms with van der Waals surface area (Å²) >= 11 is 0. The van der Waals surface area contributed by atoms with E-state index in [4.69, 9.17) is 9.47 Å². The van der Waals surface area contributed by atoms with Gasteiger partial charge in [0, 0.05) is 24.3 Å². The average molecular weight is 301 g/mol. The number of ketones is 1. The number of benzene rings is 1. The highest BCUT2D eigenvalue weighted by molar-refractivity contribution is 5.81. The van der Waals surface area contributed by atoms with E-state index in [0.29, 0.717) is 24.2 Å². The Labute approximate surface area is 131 Å². The van der Waals surface area contributed by atoms with Gasteiger partial charge in [-0.05, 0) is 55.0 Å². The second-order valence-corrected chi connectivity index (χ2v) is 6.90. The Hall–Kier alpha value is -1.55. The quantitative estimate of drug-likeness (QED) is 0.910. The Balaban J connectivity index is 1.90. The van der Waals surface area contributed by atoms with Crippen LogP contribution in [0.2, 0.25) is 0 Å². The van der Waals surface area contributed by atoms with Crippen molar-refractivity contribution in [1.29, 1.82) is 0 Å². The molecular weight excluding hydrogens is 278 g/mol. The lowest BCUT2D eigenvalue weighted by Gasteiger charge is -2.55. The zero-order valence-electron chi connectivity index (χ0n) is 13.3. The Kier molecular flexibility index (Phi) is 3.19. The van der Waals surface area contributed by atoms with Gasteiger partial charge in [-0.2, -0.15) is 0 Å². The van der Waals surface area contributed by atoms with E-state index >= 15 is 0 Å². The number of hydrogen-bond donors (Lipinski definition) is 1. The lowest BCUT2D eigenvalue weighted by atomic mass is 9.52. The fourth-order valence-corrected chi connectivity index (χ4v) is 5.08. The summed E-state index contributed by atoms with van der Waals surface area (Å²) in [5.41, 5.74) is 2.67. The van der Waals surface area contributed by atoms with E-state index in [9.17, 15) is 4.79 Å². The molecule has 1 aromatic carbocycles. The van der Waals surface area contributed by atoms with Gasteiger partial charge in [0.05, 0.1) is 14.2 Å². The second kappa shape index (κ2) is 4.98. The molecule has 2 aliphatic carbocycles. The van der Waals surface area contributed by atoms with Gasteiger partial charge in [0.1, 0.15) is 5.78 Å². The van der Waals surface area contributed by atoms with Crippen LogP contribution in [0.5, 0.6) is 11.5 Å². The molecule has 0 amide bonds. The molecule has 118 valence electrons. The third-order valence-corrected chi connectivity index (χ3v) is 6.01. The lowest BCUT2D eigenvalue weighted by molar-refractivity contribution is -0.125. The van der Waals surface area contributed by atoms with E-state index in [1.807, 2.05) is 0 Å². The third kappa shape index (κ3) is 1.83. The van der Waals surface area contributed by atoms with Crippen LogP contribution >= 0.6 is 0 Å². The van der Waals surface area contributed by atoms with Crippen molar-refractivity contribution in [2.24, 2.45) is 5.92 Å². The van der Waals surface area contributed by atoms with Crippen LogP contribution in [0.15, 0.2) is 12.1 Å². The van der Waals surface area contributed by atoms with Gasteiger partial charge in [0.25, 0.3) is 0 Å². The molecular formula is C18H23NO3. The number of hydrogen-bond acceptors (Lipinski definition) is 4. The fourth-order valence-electron chi connectivity index (χ4n) is 5.08. The van der Waals surface area contributed by atoms with Crippen molar-refractivity contribution in [2.45, 2.75) is 43.6 Å². The molecule has 4 nitrogen and oxygen atoms in total. The number of ether oxygens (including phenoxy) is 2. The van der Waals surface area contributed by atoms with Crippen molar-refractivity contribution in [3.8, 4) is 11.5 Å². The van der Waals surface area contributed by atoms with Crippen LogP contribution in [-0.4, -0.2) is 32.6 Å². The number of carbonyl (C=O) groups excluding carboxylic acids is 1. The van der Waals surface area contributed by atoms with E-state index < -0.39 is 0 Å². The monoisotopic (exact) mass is 301 g/mol. The van der Waals surface area contributed by atoms with Gasteiger partial charge in [0.2, 0.25) is 0 Å². The number of carbonyl (C=O) groups is 1. The normalized spacial score (nSPS) is 32.9. The van der Waals surface area contributed by atoms with Crippen LogP contribution in [0.1, 0.15) is 36.8 Å². The Bertz CT molecular complexity index is 627. The smallest absolute Gasteiger partial charge is 0.161 e. The van der Waals surface area contributed by atoms with E-state index in [-0.39, 0.29) is 5.41 Å². The summed E-state index contributed by atoms with van der Waals surface area (Å²) in [5.74, 6) is 2.56. The summed E-state index contributed by atoms with van der Waals surface area (Å²) in [6.07, 6.45) is 4.52. The largest absolute Gasteiger partial charge is 0.493 e. The average Bonchev–Trinajstić information content (AvgIpc) is 2.53. The number of methoxy groups -OCH3 is 2. The molecule has 3 aliphatic rings. The molecule has 1 saturated carbocycles. The van der Waals surface area contributed by atoms with E-state index in [1.165, 1.54) is 11.1 Å². The zero-order chi connectivity index (χ0) is 15.3. The minimum Gasteiger partial charge on any atom is -0.493 e. The molecule has 0 aromatic heterocycles. The van der Waals surface area contributed by atoms with Crippen molar-refractivity contribution in [2.75, 3.05) is 20.8 Å². The molecule has 0 unspecified atom stereocenters. The van der Waals surface area contributed by atoms with Crippen molar-refractivity contribution in [3.63, 3.8) is 0 Å². The van der Waals surface area contributed by atoms with E-state index in [2.05, 4.69) is 17.4 Å². The summed E-state index contributed by atoms with van der Waals surface area (Å²) in [6, 6.07) is 4.75. The summed E-state index contributed by atoms with van der Waals surface area (Å²) in [5, 5.41) is 3.68. The third-order valence-electron chi connectivity index (χ3n) is 6.01. The summed E-state index contributed by atoms with van der Waals surface area (Å²) < 4.78 is 11.0. The van der Waals surface area contributed by atoms with Crippen molar-refractivity contribution in [3.05, 3.63) is 23.3 Å². The molecule has 1 heterocycles. The van der Waals surface area contributed by atoms with E-state index in [1.54, 1.807) is 14.2 Å². The number of piperidine rings is 1. The highest BCUT2D eigenvalue weighted by Gasteiger charge is 2.53. The van der Waals surface area contributed by atoms with Crippen molar-refractivity contribution < 1.29 is 14.3 Å². The minimum atomic E-state index is 0.0123. The standard InChI is InChI=1S/C18H23NO3/c1-21-16-8-11-7-15-13-4-3-12(20)10-18(13,5-6-19-15)14(11)9-17(16)22-2/h8-9,13,15,19H,3-7,10H2,1-2H3/t13-,15-,18-/m0/s1. The number of Topliss-reactive ketones (excluding diaryl/α,β-unsaturated/α-hetero) is 1. The first-order valence-corrected chi connectivity index (χ1v) is 8.18. The summed E-state index contributed by atoms with van der Waals surface area (Å²) in [4.78, 5) is 12.2. The molecule has 4 heteroatoms.